The van der Waals surface area contributed by atoms with Crippen molar-refractivity contribution >= 4 is 22.5 Å². The van der Waals surface area contributed by atoms with E-state index in [9.17, 15) is 4.79 Å². The van der Waals surface area contributed by atoms with E-state index in [1.54, 1.807) is 12.1 Å². The molecule has 0 saturated heterocycles. The molecule has 2 aromatic carbocycles. The van der Waals surface area contributed by atoms with Crippen molar-refractivity contribution < 1.29 is 19.0 Å². The zero-order valence-electron chi connectivity index (χ0n) is 16.8. The molecule has 0 aliphatic carbocycles. The van der Waals surface area contributed by atoms with Gasteiger partial charge in [0.2, 0.25) is 5.75 Å². The van der Waals surface area contributed by atoms with Gasteiger partial charge in [-0.25, -0.2) is 0 Å². The summed E-state index contributed by atoms with van der Waals surface area (Å²) in [5.74, 6) is 1.22. The highest BCUT2D eigenvalue weighted by molar-refractivity contribution is 6.13. The summed E-state index contributed by atoms with van der Waals surface area (Å²) in [7, 11) is 4.62. The van der Waals surface area contributed by atoms with E-state index < -0.39 is 0 Å². The third-order valence-electron chi connectivity index (χ3n) is 4.72. The van der Waals surface area contributed by atoms with Crippen LogP contribution in [0.5, 0.6) is 17.2 Å². The molecule has 0 aliphatic heterocycles. The molecule has 1 amide bonds. The SMILES string of the molecule is CCc1nc2ccccc2c(C(=O)Nc2cc(OC)c(OC)c(OC)c2)c1C. The molecule has 28 heavy (non-hydrogen) atoms. The Hall–Kier alpha value is -3.28. The quantitative estimate of drug-likeness (QED) is 0.687. The Kier molecular flexibility index (Phi) is 5.68. The molecule has 6 nitrogen and oxygen atoms in total. The lowest BCUT2D eigenvalue weighted by Crippen LogP contribution is -2.16. The zero-order chi connectivity index (χ0) is 20.3. The first kappa shape index (κ1) is 19.5. The first-order chi connectivity index (χ1) is 13.5. The van der Waals surface area contributed by atoms with Crippen LogP contribution in [0.1, 0.15) is 28.5 Å². The Bertz CT molecular complexity index is 1010. The van der Waals surface area contributed by atoms with Crippen molar-refractivity contribution in [2.75, 3.05) is 26.6 Å². The van der Waals surface area contributed by atoms with Crippen LogP contribution in [0.15, 0.2) is 36.4 Å². The number of nitrogens with zero attached hydrogens (tertiary/aromatic N) is 1. The number of hydrogen-bond donors (Lipinski definition) is 1. The molecular weight excluding hydrogens is 356 g/mol. The fraction of sp³-hybridized carbons (Fsp3) is 0.273. The summed E-state index contributed by atoms with van der Waals surface area (Å²) >= 11 is 0. The second-order valence-corrected chi connectivity index (χ2v) is 6.30. The molecule has 0 spiro atoms. The Morgan fingerprint density at radius 2 is 1.68 bits per heavy atom. The Labute approximate surface area is 164 Å². The highest BCUT2D eigenvalue weighted by Gasteiger charge is 2.19. The average molecular weight is 380 g/mol. The van der Waals surface area contributed by atoms with Gasteiger partial charge in [0.25, 0.3) is 5.91 Å². The summed E-state index contributed by atoms with van der Waals surface area (Å²) in [5, 5.41) is 3.78. The normalized spacial score (nSPS) is 10.6. The topological polar surface area (TPSA) is 69.7 Å². The number of carbonyl (C=O) groups is 1. The van der Waals surface area contributed by atoms with Crippen LogP contribution in [0, 0.1) is 6.92 Å². The van der Waals surface area contributed by atoms with Gasteiger partial charge in [0.05, 0.1) is 32.4 Å². The van der Waals surface area contributed by atoms with E-state index in [1.165, 1.54) is 21.3 Å². The zero-order valence-corrected chi connectivity index (χ0v) is 16.8. The van der Waals surface area contributed by atoms with Crippen molar-refractivity contribution in [2.24, 2.45) is 0 Å². The Morgan fingerprint density at radius 1 is 1.04 bits per heavy atom. The van der Waals surface area contributed by atoms with Gasteiger partial charge in [0.1, 0.15) is 0 Å². The number of fused-ring (bicyclic) bond motifs is 1. The van der Waals surface area contributed by atoms with Crippen LogP contribution < -0.4 is 19.5 Å². The molecule has 146 valence electrons. The van der Waals surface area contributed by atoms with Gasteiger partial charge < -0.3 is 19.5 Å². The van der Waals surface area contributed by atoms with Crippen molar-refractivity contribution in [3.63, 3.8) is 0 Å². The maximum atomic E-state index is 13.2. The van der Waals surface area contributed by atoms with E-state index in [2.05, 4.69) is 10.3 Å². The van der Waals surface area contributed by atoms with Crippen molar-refractivity contribution in [2.45, 2.75) is 20.3 Å². The van der Waals surface area contributed by atoms with Gasteiger partial charge in [-0.2, -0.15) is 0 Å². The fourth-order valence-electron chi connectivity index (χ4n) is 3.34. The summed E-state index contributed by atoms with van der Waals surface area (Å²) in [6, 6.07) is 11.1. The summed E-state index contributed by atoms with van der Waals surface area (Å²) in [4.78, 5) is 17.9. The largest absolute Gasteiger partial charge is 0.493 e. The van der Waals surface area contributed by atoms with E-state index in [-0.39, 0.29) is 5.91 Å². The van der Waals surface area contributed by atoms with Gasteiger partial charge >= 0.3 is 0 Å². The lowest BCUT2D eigenvalue weighted by molar-refractivity contribution is 0.102. The van der Waals surface area contributed by atoms with E-state index >= 15 is 0 Å². The van der Waals surface area contributed by atoms with Gasteiger partial charge in [-0.1, -0.05) is 25.1 Å². The van der Waals surface area contributed by atoms with Gasteiger partial charge in [-0.05, 0) is 25.0 Å². The molecule has 1 N–H and O–H groups in total. The number of amides is 1. The van der Waals surface area contributed by atoms with E-state index in [4.69, 9.17) is 14.2 Å². The molecule has 0 unspecified atom stereocenters. The summed E-state index contributed by atoms with van der Waals surface area (Å²) in [5.41, 5.74) is 3.77. The van der Waals surface area contributed by atoms with Gasteiger partial charge in [-0.15, -0.1) is 0 Å². The number of aryl methyl sites for hydroxylation is 1. The molecule has 0 bridgehead atoms. The van der Waals surface area contributed by atoms with Crippen molar-refractivity contribution in [1.29, 1.82) is 0 Å². The number of aromatic nitrogens is 1. The van der Waals surface area contributed by atoms with E-state index in [0.29, 0.717) is 28.5 Å². The smallest absolute Gasteiger partial charge is 0.256 e. The lowest BCUT2D eigenvalue weighted by atomic mass is 9.99. The summed E-state index contributed by atoms with van der Waals surface area (Å²) < 4.78 is 16.1. The minimum Gasteiger partial charge on any atom is -0.493 e. The van der Waals surface area contributed by atoms with Crippen LogP contribution >= 0.6 is 0 Å². The first-order valence-electron chi connectivity index (χ1n) is 9.03. The highest BCUT2D eigenvalue weighted by Crippen LogP contribution is 2.40. The first-order valence-corrected chi connectivity index (χ1v) is 9.03. The van der Waals surface area contributed by atoms with Crippen molar-refractivity contribution in [1.82, 2.24) is 4.98 Å². The average Bonchev–Trinajstić information content (AvgIpc) is 2.72. The van der Waals surface area contributed by atoms with Crippen molar-refractivity contribution in [3.8, 4) is 17.2 Å². The third-order valence-corrected chi connectivity index (χ3v) is 4.72. The molecule has 1 heterocycles. The number of anilines is 1. The van der Waals surface area contributed by atoms with Crippen LogP contribution in [0.25, 0.3) is 10.9 Å². The molecule has 3 aromatic rings. The Balaban J connectivity index is 2.08. The Morgan fingerprint density at radius 3 is 2.25 bits per heavy atom. The lowest BCUT2D eigenvalue weighted by Gasteiger charge is -2.16. The van der Waals surface area contributed by atoms with Crippen LogP contribution in [-0.4, -0.2) is 32.2 Å². The number of hydrogen-bond acceptors (Lipinski definition) is 5. The van der Waals surface area contributed by atoms with E-state index in [0.717, 1.165) is 28.6 Å². The molecule has 3 rings (SSSR count). The second-order valence-electron chi connectivity index (χ2n) is 6.30. The monoisotopic (exact) mass is 380 g/mol. The molecule has 0 aliphatic rings. The summed E-state index contributed by atoms with van der Waals surface area (Å²) in [6.45, 7) is 3.97. The number of para-hydroxylation sites is 1. The molecule has 6 heteroatoms. The molecule has 1 aromatic heterocycles. The van der Waals surface area contributed by atoms with Gasteiger partial charge in [0, 0.05) is 28.9 Å². The minimum atomic E-state index is -0.208. The number of pyridine rings is 1. The number of ether oxygens (including phenoxy) is 3. The fourth-order valence-corrected chi connectivity index (χ4v) is 3.34. The molecule has 0 fully saturated rings. The maximum absolute atomic E-state index is 13.2. The predicted octanol–water partition coefficient (Wildman–Crippen LogP) is 4.38. The minimum absolute atomic E-state index is 0.208. The molecule has 0 saturated carbocycles. The second kappa shape index (κ2) is 8.17. The third kappa shape index (κ3) is 3.45. The molecular formula is C22H24N2O4. The number of nitrogens with one attached hydrogen (secondary N) is 1. The van der Waals surface area contributed by atoms with Crippen LogP contribution in [-0.2, 0) is 6.42 Å². The number of rotatable bonds is 6. The van der Waals surface area contributed by atoms with Gasteiger partial charge in [-0.3, -0.25) is 9.78 Å². The number of benzene rings is 2. The maximum Gasteiger partial charge on any atom is 0.256 e. The number of methoxy groups -OCH3 is 3. The highest BCUT2D eigenvalue weighted by atomic mass is 16.5. The van der Waals surface area contributed by atoms with Crippen LogP contribution in [0.3, 0.4) is 0 Å². The van der Waals surface area contributed by atoms with E-state index in [1.807, 2.05) is 38.1 Å². The standard InChI is InChI=1S/C22H24N2O4/c1-6-16-13(2)20(15-9-7-8-10-17(15)24-16)22(25)23-14-11-18(26-3)21(28-5)19(12-14)27-4/h7-12H,6H2,1-5H3,(H,23,25). The van der Waals surface area contributed by atoms with Gasteiger partial charge in [0.15, 0.2) is 11.5 Å². The van der Waals surface area contributed by atoms with Crippen LogP contribution in [0.2, 0.25) is 0 Å². The van der Waals surface area contributed by atoms with Crippen LogP contribution in [0.4, 0.5) is 5.69 Å². The number of carbonyl (C=O) groups excluding carboxylic acids is 1. The predicted molar refractivity (Wildman–Crippen MR) is 110 cm³/mol. The molecule has 0 atom stereocenters. The summed E-state index contributed by atoms with van der Waals surface area (Å²) in [6.07, 6.45) is 0.751. The van der Waals surface area contributed by atoms with Crippen molar-refractivity contribution in [3.05, 3.63) is 53.2 Å². The molecule has 0 radical (unpaired) electrons.